The van der Waals surface area contributed by atoms with Crippen LogP contribution >= 0.6 is 0 Å². The van der Waals surface area contributed by atoms with E-state index in [0.29, 0.717) is 48.4 Å². The number of carbonyl (C=O) groups excluding carboxylic acids is 1. The highest BCUT2D eigenvalue weighted by Crippen LogP contribution is 2.45. The zero-order valence-electron chi connectivity index (χ0n) is 26.6. The van der Waals surface area contributed by atoms with Crippen LogP contribution < -0.4 is 9.64 Å². The molecule has 0 spiro atoms. The minimum absolute atomic E-state index is 0.0304. The highest BCUT2D eigenvalue weighted by atomic mass is 19.4. The molecule has 0 radical (unpaired) electrons. The molecule has 12 heteroatoms. The summed E-state index contributed by atoms with van der Waals surface area (Å²) in [6, 6.07) is 12.0. The van der Waals surface area contributed by atoms with Crippen molar-refractivity contribution >= 4 is 17.6 Å². The lowest BCUT2D eigenvalue weighted by Gasteiger charge is -2.39. The average molecular weight is 667 g/mol. The van der Waals surface area contributed by atoms with Gasteiger partial charge in [-0.05, 0) is 98.1 Å². The molecule has 1 saturated carbocycles. The van der Waals surface area contributed by atoms with Gasteiger partial charge in [-0.15, -0.1) is 0 Å². The molecule has 2 aromatic carbocycles. The highest BCUT2D eigenvalue weighted by molar-refractivity contribution is 6.00. The summed E-state index contributed by atoms with van der Waals surface area (Å²) < 4.78 is 80.1. The van der Waals surface area contributed by atoms with Crippen molar-refractivity contribution in [3.63, 3.8) is 0 Å². The number of anilines is 1. The van der Waals surface area contributed by atoms with Crippen LogP contribution in [0, 0.1) is 11.8 Å². The average Bonchev–Trinajstić information content (AvgIpc) is 3.90. The third-order valence-corrected chi connectivity index (χ3v) is 9.69. The second kappa shape index (κ2) is 14.8. The predicted molar refractivity (Wildman–Crippen MR) is 166 cm³/mol. The molecule has 2 saturated heterocycles. The van der Waals surface area contributed by atoms with Crippen molar-refractivity contribution in [1.82, 2.24) is 4.90 Å². The van der Waals surface area contributed by atoms with E-state index in [2.05, 4.69) is 0 Å². The molecule has 1 N–H and O–H groups in total. The lowest BCUT2D eigenvalue weighted by Crippen LogP contribution is -2.53. The molecule has 3 aliphatic rings. The quantitative estimate of drug-likeness (QED) is 0.226. The van der Waals surface area contributed by atoms with Crippen LogP contribution in [0.4, 0.5) is 27.6 Å². The van der Waals surface area contributed by atoms with Crippen LogP contribution in [0.1, 0.15) is 79.3 Å². The maximum absolute atomic E-state index is 14.4. The van der Waals surface area contributed by atoms with Crippen LogP contribution in [0.15, 0.2) is 42.5 Å². The Bertz CT molecular complexity index is 1380. The second-order valence-electron chi connectivity index (χ2n) is 13.0. The van der Waals surface area contributed by atoms with Gasteiger partial charge < -0.3 is 24.4 Å². The summed E-state index contributed by atoms with van der Waals surface area (Å²) in [5, 5.41) is 9.37. The number of aryl methyl sites for hydroxylation is 1. The van der Waals surface area contributed by atoms with Crippen LogP contribution in [-0.2, 0) is 16.0 Å². The van der Waals surface area contributed by atoms with Crippen molar-refractivity contribution in [2.45, 2.75) is 82.3 Å². The molecular formula is C35H43F5N2O5. The Labute approximate surface area is 272 Å². The maximum atomic E-state index is 14.4. The van der Waals surface area contributed by atoms with Gasteiger partial charge in [-0.3, -0.25) is 9.59 Å². The van der Waals surface area contributed by atoms with Gasteiger partial charge in [0.05, 0.1) is 25.1 Å². The highest BCUT2D eigenvalue weighted by Gasteiger charge is 2.59. The second-order valence-corrected chi connectivity index (χ2v) is 13.0. The monoisotopic (exact) mass is 666 g/mol. The van der Waals surface area contributed by atoms with Crippen molar-refractivity contribution in [2.75, 3.05) is 44.4 Å². The summed E-state index contributed by atoms with van der Waals surface area (Å²) in [7, 11) is 0. The Kier molecular flexibility index (Phi) is 11.0. The molecule has 5 rings (SSSR count). The molecule has 1 amide bonds. The number of aliphatic carboxylic acids is 1. The van der Waals surface area contributed by atoms with Gasteiger partial charge in [-0.25, -0.2) is 0 Å². The SMILES string of the molecule is CCc1ccc(C(=O)N(CC(F)(F)C(F)(F)F)C2CCOCC2)c(N2CCC(COc3cccc(C(CC(=O)O)C4CC4)c3)CC2)c1. The maximum Gasteiger partial charge on any atom is 0.455 e. The number of nitrogens with zero attached hydrogens (tertiary/aromatic N) is 2. The number of carboxylic acids is 1. The van der Waals surface area contributed by atoms with Crippen LogP contribution in [0.25, 0.3) is 0 Å². The number of benzene rings is 2. The molecule has 47 heavy (non-hydrogen) atoms. The van der Waals surface area contributed by atoms with E-state index in [0.717, 1.165) is 36.8 Å². The summed E-state index contributed by atoms with van der Waals surface area (Å²) in [6.07, 6.45) is -1.16. The summed E-state index contributed by atoms with van der Waals surface area (Å²) in [5.41, 5.74) is 2.55. The van der Waals surface area contributed by atoms with Gasteiger partial charge in [0, 0.05) is 38.0 Å². The Hall–Kier alpha value is -3.41. The Balaban J connectivity index is 1.27. The number of hydrogen-bond acceptors (Lipinski definition) is 5. The van der Waals surface area contributed by atoms with Crippen molar-refractivity contribution in [2.24, 2.45) is 11.8 Å². The normalized spacial score (nSPS) is 19.0. The zero-order valence-corrected chi connectivity index (χ0v) is 26.6. The fraction of sp³-hybridized carbons (Fsp3) is 0.600. The standard InChI is InChI=1S/C35H43F5N2O5/c1-2-23-6-9-29(33(45)42(27-12-16-46-17-13-27)22-34(36,37)35(38,39)40)31(18-23)41-14-10-24(11-15-41)21-47-28-5-3-4-26(19-28)30(20-32(43)44)25-7-8-25/h3-6,9,18-19,24-25,27,30H,2,7-8,10-17,20-22H2,1H3,(H,43,44). The van der Waals surface area contributed by atoms with E-state index in [9.17, 15) is 36.6 Å². The van der Waals surface area contributed by atoms with Crippen molar-refractivity contribution in [3.8, 4) is 5.75 Å². The summed E-state index contributed by atoms with van der Waals surface area (Å²) in [5.74, 6) is -5.46. The van der Waals surface area contributed by atoms with Gasteiger partial charge in [-0.1, -0.05) is 25.1 Å². The topological polar surface area (TPSA) is 79.3 Å². The molecule has 3 fully saturated rings. The lowest BCUT2D eigenvalue weighted by atomic mass is 9.91. The van der Waals surface area contributed by atoms with Crippen LogP contribution in [0.2, 0.25) is 0 Å². The van der Waals surface area contributed by atoms with Crippen LogP contribution in [0.3, 0.4) is 0 Å². The molecule has 2 aromatic rings. The summed E-state index contributed by atoms with van der Waals surface area (Å²) in [4.78, 5) is 28.1. The van der Waals surface area contributed by atoms with Crippen LogP contribution in [-0.4, -0.2) is 79.5 Å². The van der Waals surface area contributed by atoms with Gasteiger partial charge in [-0.2, -0.15) is 22.0 Å². The van der Waals surface area contributed by atoms with Gasteiger partial charge in [0.1, 0.15) is 5.75 Å². The number of ether oxygens (including phenoxy) is 2. The molecular weight excluding hydrogens is 623 g/mol. The van der Waals surface area contributed by atoms with Crippen molar-refractivity contribution in [1.29, 1.82) is 0 Å². The number of halogens is 5. The van der Waals surface area contributed by atoms with Gasteiger partial charge in [0.15, 0.2) is 0 Å². The van der Waals surface area contributed by atoms with E-state index in [1.54, 1.807) is 12.1 Å². The largest absolute Gasteiger partial charge is 0.493 e. The van der Waals surface area contributed by atoms with E-state index >= 15 is 0 Å². The fourth-order valence-electron chi connectivity index (χ4n) is 6.69. The molecule has 1 atom stereocenters. The molecule has 1 unspecified atom stereocenters. The number of amides is 1. The first kappa shape index (κ1) is 34.9. The van der Waals surface area contributed by atoms with E-state index in [1.807, 2.05) is 42.2 Å². The smallest absolute Gasteiger partial charge is 0.455 e. The fourth-order valence-corrected chi connectivity index (χ4v) is 6.69. The molecule has 0 bridgehead atoms. The first-order valence-corrected chi connectivity index (χ1v) is 16.5. The third kappa shape index (κ3) is 8.74. The minimum atomic E-state index is -5.78. The number of carbonyl (C=O) groups is 2. The molecule has 2 heterocycles. The number of carboxylic acid groups (broad SMARTS) is 1. The van der Waals surface area contributed by atoms with Crippen molar-refractivity contribution < 1.29 is 46.1 Å². The minimum Gasteiger partial charge on any atom is -0.493 e. The Morgan fingerprint density at radius 1 is 1.00 bits per heavy atom. The third-order valence-electron chi connectivity index (χ3n) is 9.69. The van der Waals surface area contributed by atoms with E-state index in [4.69, 9.17) is 9.47 Å². The number of piperidine rings is 1. The first-order valence-electron chi connectivity index (χ1n) is 16.5. The Morgan fingerprint density at radius 3 is 2.32 bits per heavy atom. The zero-order chi connectivity index (χ0) is 33.8. The summed E-state index contributed by atoms with van der Waals surface area (Å²) in [6.45, 7) is 2.13. The van der Waals surface area contributed by atoms with Crippen LogP contribution in [0.5, 0.6) is 5.75 Å². The van der Waals surface area contributed by atoms with E-state index < -0.39 is 36.6 Å². The van der Waals surface area contributed by atoms with Crippen molar-refractivity contribution in [3.05, 3.63) is 59.2 Å². The molecule has 258 valence electrons. The van der Waals surface area contributed by atoms with E-state index in [1.165, 1.54) is 0 Å². The molecule has 1 aliphatic carbocycles. The summed E-state index contributed by atoms with van der Waals surface area (Å²) >= 11 is 0. The number of rotatable bonds is 13. The first-order chi connectivity index (χ1) is 22.4. The van der Waals surface area contributed by atoms with Gasteiger partial charge in [0.2, 0.25) is 0 Å². The Morgan fingerprint density at radius 2 is 1.70 bits per heavy atom. The molecule has 0 aromatic heterocycles. The predicted octanol–water partition coefficient (Wildman–Crippen LogP) is 7.33. The lowest BCUT2D eigenvalue weighted by molar-refractivity contribution is -0.286. The number of alkyl halides is 5. The van der Waals surface area contributed by atoms with E-state index in [-0.39, 0.29) is 49.9 Å². The van der Waals surface area contributed by atoms with Gasteiger partial charge >= 0.3 is 18.1 Å². The van der Waals surface area contributed by atoms with Gasteiger partial charge in [0.25, 0.3) is 5.91 Å². The molecule has 7 nitrogen and oxygen atoms in total. The number of hydrogen-bond donors (Lipinski definition) is 1. The molecule has 2 aliphatic heterocycles.